The number of carbonyl (C=O) groups excluding carboxylic acids is 1. The third-order valence-corrected chi connectivity index (χ3v) is 6.46. The van der Waals surface area contributed by atoms with Crippen molar-refractivity contribution in [3.8, 4) is 5.13 Å². The normalized spacial score (nSPS) is 16.2. The Morgan fingerprint density at radius 2 is 1.93 bits per heavy atom. The van der Waals surface area contributed by atoms with Crippen LogP contribution in [0.1, 0.15) is 41.9 Å². The molecular weight excluding hydrogens is 380 g/mol. The molecule has 1 atom stereocenters. The molecule has 0 spiro atoms. The number of rotatable bonds is 4. The first kappa shape index (κ1) is 18.1. The average Bonchev–Trinajstić information content (AvgIpc) is 3.30. The first-order valence-electron chi connectivity index (χ1n) is 10.00. The van der Waals surface area contributed by atoms with Crippen LogP contribution < -0.4 is 5.32 Å². The molecule has 2 heterocycles. The Hall–Kier alpha value is -2.99. The molecule has 146 valence electrons. The van der Waals surface area contributed by atoms with E-state index in [4.69, 9.17) is 10.1 Å². The fraction of sp³-hybridized carbons (Fsp3) is 0.261. The molecule has 5 nitrogen and oxygen atoms in total. The molecule has 1 unspecified atom stereocenters. The molecule has 0 radical (unpaired) electrons. The molecule has 0 saturated carbocycles. The average molecular weight is 403 g/mol. The molecule has 0 saturated heterocycles. The number of aryl methyl sites for hydroxylation is 1. The third kappa shape index (κ3) is 3.13. The van der Waals surface area contributed by atoms with Gasteiger partial charge in [-0.1, -0.05) is 55.5 Å². The van der Waals surface area contributed by atoms with Crippen LogP contribution in [0.15, 0.2) is 48.5 Å². The zero-order valence-corrected chi connectivity index (χ0v) is 17.3. The fourth-order valence-corrected chi connectivity index (χ4v) is 4.97. The minimum atomic E-state index is 0.155. The molecule has 5 rings (SSSR count). The Bertz CT molecular complexity index is 1190. The topological polar surface area (TPSA) is 59.8 Å². The van der Waals surface area contributed by atoms with E-state index in [-0.39, 0.29) is 5.78 Å². The van der Waals surface area contributed by atoms with Crippen molar-refractivity contribution in [3.05, 3.63) is 65.4 Å². The first-order chi connectivity index (χ1) is 14.1. The Morgan fingerprint density at radius 3 is 2.76 bits per heavy atom. The van der Waals surface area contributed by atoms with Gasteiger partial charge in [0.25, 0.3) is 0 Å². The van der Waals surface area contributed by atoms with Crippen molar-refractivity contribution in [2.24, 2.45) is 5.92 Å². The zero-order valence-electron chi connectivity index (χ0n) is 16.5. The molecule has 6 heteroatoms. The van der Waals surface area contributed by atoms with Crippen molar-refractivity contribution >= 4 is 38.8 Å². The number of Topliss-reactive ketones (excluding diaryl/α,β-unsaturated/α-hetero) is 1. The number of fused-ring (bicyclic) bond motifs is 2. The maximum absolute atomic E-state index is 13.0. The van der Waals surface area contributed by atoms with Gasteiger partial charge in [-0.05, 0) is 42.5 Å². The molecule has 0 amide bonds. The minimum Gasteiger partial charge on any atom is -0.338 e. The predicted molar refractivity (Wildman–Crippen MR) is 118 cm³/mol. The Labute approximate surface area is 173 Å². The van der Waals surface area contributed by atoms with E-state index in [0.29, 0.717) is 23.7 Å². The van der Waals surface area contributed by atoms with Crippen molar-refractivity contribution in [2.75, 3.05) is 5.32 Å². The lowest BCUT2D eigenvalue weighted by atomic mass is 9.88. The standard InChI is InChI=1S/C23H22N4OS/c1-3-15-8-4-5-9-16(15)24-22-21-18(12-14(2)13-19(21)28)27(26-22)23-25-17-10-6-7-11-20(17)29-23/h4-11,14H,3,12-13H2,1-2H3,(H,24,26). The van der Waals surface area contributed by atoms with Crippen LogP contribution in [-0.2, 0) is 12.8 Å². The van der Waals surface area contributed by atoms with Gasteiger partial charge in [-0.25, -0.2) is 9.67 Å². The lowest BCUT2D eigenvalue weighted by Gasteiger charge is -2.18. The highest BCUT2D eigenvalue weighted by atomic mass is 32.1. The molecule has 2 aromatic carbocycles. The molecule has 1 aliphatic rings. The number of hydrogen-bond donors (Lipinski definition) is 1. The Balaban J connectivity index is 1.66. The van der Waals surface area contributed by atoms with Crippen molar-refractivity contribution in [1.29, 1.82) is 0 Å². The van der Waals surface area contributed by atoms with Gasteiger partial charge < -0.3 is 5.32 Å². The lowest BCUT2D eigenvalue weighted by molar-refractivity contribution is 0.0953. The van der Waals surface area contributed by atoms with Crippen LogP contribution >= 0.6 is 11.3 Å². The second-order valence-corrected chi connectivity index (χ2v) is 8.63. The highest BCUT2D eigenvalue weighted by molar-refractivity contribution is 7.20. The molecule has 29 heavy (non-hydrogen) atoms. The van der Waals surface area contributed by atoms with E-state index in [1.54, 1.807) is 11.3 Å². The number of aromatic nitrogens is 3. The van der Waals surface area contributed by atoms with Crippen molar-refractivity contribution < 1.29 is 4.79 Å². The number of anilines is 2. The fourth-order valence-electron chi connectivity index (χ4n) is 4.03. The number of hydrogen-bond acceptors (Lipinski definition) is 5. The van der Waals surface area contributed by atoms with Crippen molar-refractivity contribution in [3.63, 3.8) is 0 Å². The van der Waals surface area contributed by atoms with Crippen LogP contribution in [0.2, 0.25) is 0 Å². The molecule has 2 aromatic heterocycles. The summed E-state index contributed by atoms with van der Waals surface area (Å²) in [4.78, 5) is 17.7. The zero-order chi connectivity index (χ0) is 20.0. The summed E-state index contributed by atoms with van der Waals surface area (Å²) in [6.45, 7) is 4.25. The summed E-state index contributed by atoms with van der Waals surface area (Å²) in [5.41, 5.74) is 4.83. The van der Waals surface area contributed by atoms with Crippen molar-refractivity contribution in [1.82, 2.24) is 14.8 Å². The van der Waals surface area contributed by atoms with E-state index in [2.05, 4.69) is 31.3 Å². The number of thiazole rings is 1. The van der Waals surface area contributed by atoms with E-state index in [0.717, 1.165) is 39.6 Å². The van der Waals surface area contributed by atoms with Gasteiger partial charge >= 0.3 is 0 Å². The summed E-state index contributed by atoms with van der Waals surface area (Å²) in [5.74, 6) is 1.09. The number of para-hydroxylation sites is 2. The van der Waals surface area contributed by atoms with Crippen LogP contribution in [-0.4, -0.2) is 20.5 Å². The quantitative estimate of drug-likeness (QED) is 0.486. The van der Waals surface area contributed by atoms with E-state index in [1.165, 1.54) is 5.56 Å². The predicted octanol–water partition coefficient (Wildman–Crippen LogP) is 5.55. The van der Waals surface area contributed by atoms with E-state index < -0.39 is 0 Å². The lowest BCUT2D eigenvalue weighted by Crippen LogP contribution is -2.19. The van der Waals surface area contributed by atoms with Gasteiger partial charge in [0.1, 0.15) is 0 Å². The van der Waals surface area contributed by atoms with Gasteiger partial charge in [0.2, 0.25) is 5.13 Å². The van der Waals surface area contributed by atoms with Crippen LogP contribution in [0.3, 0.4) is 0 Å². The Kier molecular flexibility index (Phi) is 4.43. The molecule has 0 bridgehead atoms. The molecule has 0 fully saturated rings. The van der Waals surface area contributed by atoms with Crippen LogP contribution in [0.25, 0.3) is 15.3 Å². The summed E-state index contributed by atoms with van der Waals surface area (Å²) in [6, 6.07) is 16.3. The maximum Gasteiger partial charge on any atom is 0.211 e. The van der Waals surface area contributed by atoms with Crippen LogP contribution in [0.5, 0.6) is 0 Å². The molecule has 1 aliphatic carbocycles. The van der Waals surface area contributed by atoms with Gasteiger partial charge in [0.05, 0.1) is 21.5 Å². The Morgan fingerprint density at radius 1 is 1.14 bits per heavy atom. The first-order valence-corrected chi connectivity index (χ1v) is 10.8. The van der Waals surface area contributed by atoms with Gasteiger partial charge in [0, 0.05) is 12.1 Å². The summed E-state index contributed by atoms with van der Waals surface area (Å²) < 4.78 is 3.00. The SMILES string of the molecule is CCc1ccccc1Nc1nn(-c2nc3ccccc3s2)c2c1C(=O)CC(C)C2. The van der Waals surface area contributed by atoms with Crippen LogP contribution in [0, 0.1) is 5.92 Å². The number of ketones is 1. The second kappa shape index (κ2) is 7.12. The number of nitrogens with zero attached hydrogens (tertiary/aromatic N) is 3. The van der Waals surface area contributed by atoms with Gasteiger partial charge in [-0.2, -0.15) is 0 Å². The monoisotopic (exact) mass is 402 g/mol. The van der Waals surface area contributed by atoms with Gasteiger partial charge in [-0.15, -0.1) is 5.10 Å². The summed E-state index contributed by atoms with van der Waals surface area (Å²) in [5, 5.41) is 9.10. The van der Waals surface area contributed by atoms with Gasteiger partial charge in [0.15, 0.2) is 11.6 Å². The third-order valence-electron chi connectivity index (χ3n) is 5.45. The summed E-state index contributed by atoms with van der Waals surface area (Å²) >= 11 is 1.60. The number of nitrogens with one attached hydrogen (secondary N) is 1. The van der Waals surface area contributed by atoms with E-state index in [1.807, 2.05) is 41.1 Å². The number of benzene rings is 2. The maximum atomic E-state index is 13.0. The second-order valence-electron chi connectivity index (χ2n) is 7.62. The molecule has 4 aromatic rings. The highest BCUT2D eigenvalue weighted by Crippen LogP contribution is 2.36. The molecule has 1 N–H and O–H groups in total. The molecule has 0 aliphatic heterocycles. The summed E-state index contributed by atoms with van der Waals surface area (Å²) in [6.07, 6.45) is 2.29. The van der Waals surface area contributed by atoms with E-state index >= 15 is 0 Å². The minimum absolute atomic E-state index is 0.155. The molecular formula is C23H22N4OS. The smallest absolute Gasteiger partial charge is 0.211 e. The number of carbonyl (C=O) groups is 1. The summed E-state index contributed by atoms with van der Waals surface area (Å²) in [7, 11) is 0. The van der Waals surface area contributed by atoms with E-state index in [9.17, 15) is 4.79 Å². The highest BCUT2D eigenvalue weighted by Gasteiger charge is 2.32. The van der Waals surface area contributed by atoms with Crippen LogP contribution in [0.4, 0.5) is 11.5 Å². The largest absolute Gasteiger partial charge is 0.338 e. The van der Waals surface area contributed by atoms with Gasteiger partial charge in [-0.3, -0.25) is 4.79 Å². The van der Waals surface area contributed by atoms with Crippen molar-refractivity contribution in [2.45, 2.75) is 33.1 Å².